The molecule has 1 aliphatic rings. The molecule has 1 unspecified atom stereocenters. The van der Waals surface area contributed by atoms with Crippen molar-refractivity contribution in [3.05, 3.63) is 65.2 Å². The van der Waals surface area contributed by atoms with Crippen molar-refractivity contribution in [3.63, 3.8) is 0 Å². The van der Waals surface area contributed by atoms with E-state index >= 15 is 0 Å². The van der Waals surface area contributed by atoms with Gasteiger partial charge in [0.15, 0.2) is 0 Å². The van der Waals surface area contributed by atoms with E-state index in [0.29, 0.717) is 5.56 Å². The zero-order chi connectivity index (χ0) is 17.8. The number of hydrogen-bond acceptors (Lipinski definition) is 2. The van der Waals surface area contributed by atoms with Gasteiger partial charge in [-0.1, -0.05) is 36.4 Å². The molecule has 1 amide bonds. The van der Waals surface area contributed by atoms with Crippen LogP contribution in [0.1, 0.15) is 35.6 Å². The number of hydrogen-bond donors (Lipinski definition) is 0. The zero-order valence-corrected chi connectivity index (χ0v) is 14.1. The second kappa shape index (κ2) is 7.64. The summed E-state index contributed by atoms with van der Waals surface area (Å²) >= 11 is 0. The molecule has 0 bridgehead atoms. The van der Waals surface area contributed by atoms with Crippen LogP contribution in [0.15, 0.2) is 48.5 Å². The van der Waals surface area contributed by atoms with E-state index in [2.05, 4.69) is 23.8 Å². The normalized spacial score (nSPS) is 17.1. The van der Waals surface area contributed by atoms with E-state index < -0.39 is 6.61 Å². The molecule has 2 aromatic rings. The van der Waals surface area contributed by atoms with Crippen molar-refractivity contribution in [1.29, 1.82) is 0 Å². The van der Waals surface area contributed by atoms with Gasteiger partial charge in [-0.05, 0) is 48.6 Å². The first kappa shape index (κ1) is 17.4. The van der Waals surface area contributed by atoms with Crippen LogP contribution in [0, 0.1) is 6.92 Å². The van der Waals surface area contributed by atoms with Gasteiger partial charge >= 0.3 is 6.61 Å². The lowest BCUT2D eigenvalue weighted by atomic mass is 9.99. The number of aryl methyl sites for hydroxylation is 1. The predicted octanol–water partition coefficient (Wildman–Crippen LogP) is 4.50. The summed E-state index contributed by atoms with van der Waals surface area (Å²) in [6.45, 7) is -0.0815. The number of nitrogens with zero attached hydrogens (tertiary/aromatic N) is 1. The number of carbonyl (C=O) groups is 1. The first-order valence-corrected chi connectivity index (χ1v) is 8.43. The maximum Gasteiger partial charge on any atom is 0.387 e. The molecule has 1 aliphatic heterocycles. The molecule has 0 radical (unpaired) electrons. The fourth-order valence-electron chi connectivity index (χ4n) is 3.46. The summed E-state index contributed by atoms with van der Waals surface area (Å²) in [6.07, 6.45) is 2.10. The van der Waals surface area contributed by atoms with Gasteiger partial charge in [-0.15, -0.1) is 0 Å². The monoisotopic (exact) mass is 345 g/mol. The topological polar surface area (TPSA) is 29.5 Å². The van der Waals surface area contributed by atoms with Crippen LogP contribution in [0.25, 0.3) is 0 Å². The van der Waals surface area contributed by atoms with Gasteiger partial charge in [0, 0.05) is 6.54 Å². The lowest BCUT2D eigenvalue weighted by molar-refractivity contribution is -0.131. The lowest BCUT2D eigenvalue weighted by Crippen LogP contribution is -2.32. The smallest absolute Gasteiger partial charge is 0.387 e. The highest BCUT2D eigenvalue weighted by atomic mass is 19.3. The SMILES string of the molecule is Cc1ccccc1C1CCCN1C(=O)Cc1cccc(OC(F)F)c1. The maximum atomic E-state index is 12.8. The largest absolute Gasteiger partial charge is 0.435 e. The van der Waals surface area contributed by atoms with E-state index in [1.807, 2.05) is 17.0 Å². The summed E-state index contributed by atoms with van der Waals surface area (Å²) in [6, 6.07) is 14.6. The van der Waals surface area contributed by atoms with Crippen molar-refractivity contribution in [3.8, 4) is 5.75 Å². The van der Waals surface area contributed by atoms with E-state index in [4.69, 9.17) is 0 Å². The average Bonchev–Trinajstić information content (AvgIpc) is 3.04. The van der Waals surface area contributed by atoms with E-state index in [0.717, 1.165) is 19.4 Å². The first-order chi connectivity index (χ1) is 12.0. The average molecular weight is 345 g/mol. The van der Waals surface area contributed by atoms with Crippen LogP contribution in [0.5, 0.6) is 5.75 Å². The fraction of sp³-hybridized carbons (Fsp3) is 0.350. The quantitative estimate of drug-likeness (QED) is 0.798. The molecule has 2 aromatic carbocycles. The molecular formula is C20H21F2NO2. The second-order valence-electron chi connectivity index (χ2n) is 6.30. The fourth-order valence-corrected chi connectivity index (χ4v) is 3.46. The number of amides is 1. The van der Waals surface area contributed by atoms with E-state index in [1.54, 1.807) is 12.1 Å². The Labute approximate surface area is 146 Å². The predicted molar refractivity (Wildman–Crippen MR) is 91.6 cm³/mol. The number of carbonyl (C=O) groups excluding carboxylic acids is 1. The summed E-state index contributed by atoms with van der Waals surface area (Å²) < 4.78 is 29.1. The second-order valence-corrected chi connectivity index (χ2v) is 6.30. The standard InChI is InChI=1S/C20H21F2NO2/c1-14-6-2-3-9-17(14)18-10-5-11-23(18)19(24)13-15-7-4-8-16(12-15)25-20(21)22/h2-4,6-9,12,18,20H,5,10-11,13H2,1H3. The number of rotatable bonds is 5. The van der Waals surface area contributed by atoms with Crippen LogP contribution in [-0.4, -0.2) is 24.0 Å². The molecule has 132 valence electrons. The molecule has 3 rings (SSSR count). The minimum Gasteiger partial charge on any atom is -0.435 e. The van der Waals surface area contributed by atoms with Crippen molar-refractivity contribution in [2.45, 2.75) is 38.8 Å². The molecule has 0 saturated carbocycles. The highest BCUT2D eigenvalue weighted by Crippen LogP contribution is 2.34. The summed E-state index contributed by atoms with van der Waals surface area (Å²) in [7, 11) is 0. The third-order valence-electron chi connectivity index (χ3n) is 4.60. The van der Waals surface area contributed by atoms with Crippen LogP contribution in [0.4, 0.5) is 8.78 Å². The van der Waals surface area contributed by atoms with Crippen molar-refractivity contribution >= 4 is 5.91 Å². The van der Waals surface area contributed by atoms with Gasteiger partial charge in [0.1, 0.15) is 5.75 Å². The maximum absolute atomic E-state index is 12.8. The van der Waals surface area contributed by atoms with Gasteiger partial charge < -0.3 is 9.64 Å². The molecule has 1 fully saturated rings. The molecule has 5 heteroatoms. The number of ether oxygens (including phenoxy) is 1. The van der Waals surface area contributed by atoms with Crippen LogP contribution >= 0.6 is 0 Å². The summed E-state index contributed by atoms with van der Waals surface area (Å²) in [4.78, 5) is 14.7. The zero-order valence-electron chi connectivity index (χ0n) is 14.1. The minimum atomic E-state index is -2.87. The Morgan fingerprint density at radius 2 is 2.04 bits per heavy atom. The van der Waals surface area contributed by atoms with E-state index in [1.165, 1.54) is 23.3 Å². The van der Waals surface area contributed by atoms with Gasteiger partial charge in [-0.2, -0.15) is 8.78 Å². The van der Waals surface area contributed by atoms with Crippen molar-refractivity contribution < 1.29 is 18.3 Å². The van der Waals surface area contributed by atoms with Crippen molar-refractivity contribution in [2.75, 3.05) is 6.54 Å². The molecule has 0 aliphatic carbocycles. The number of halogens is 2. The van der Waals surface area contributed by atoms with Crippen LogP contribution in [-0.2, 0) is 11.2 Å². The first-order valence-electron chi connectivity index (χ1n) is 8.43. The lowest BCUT2D eigenvalue weighted by Gasteiger charge is -2.26. The molecule has 0 spiro atoms. The highest BCUT2D eigenvalue weighted by molar-refractivity contribution is 5.79. The number of likely N-dealkylation sites (tertiary alicyclic amines) is 1. The van der Waals surface area contributed by atoms with E-state index in [9.17, 15) is 13.6 Å². The van der Waals surface area contributed by atoms with Crippen LogP contribution in [0.2, 0.25) is 0 Å². The Hall–Kier alpha value is -2.43. The Bertz CT molecular complexity index is 748. The van der Waals surface area contributed by atoms with Gasteiger partial charge in [0.2, 0.25) is 5.91 Å². The van der Waals surface area contributed by atoms with Crippen molar-refractivity contribution in [2.24, 2.45) is 0 Å². The Morgan fingerprint density at radius 3 is 2.80 bits per heavy atom. The van der Waals surface area contributed by atoms with Gasteiger partial charge in [0.05, 0.1) is 12.5 Å². The number of benzene rings is 2. The summed E-state index contributed by atoms with van der Waals surface area (Å²) in [5.41, 5.74) is 3.04. The Balaban J connectivity index is 1.73. The Kier molecular flexibility index (Phi) is 5.31. The third-order valence-corrected chi connectivity index (χ3v) is 4.60. The summed E-state index contributed by atoms with van der Waals surface area (Å²) in [5, 5.41) is 0. The van der Waals surface area contributed by atoms with Gasteiger partial charge in [-0.3, -0.25) is 4.79 Å². The van der Waals surface area contributed by atoms with Gasteiger partial charge in [0.25, 0.3) is 0 Å². The van der Waals surface area contributed by atoms with Gasteiger partial charge in [-0.25, -0.2) is 0 Å². The van der Waals surface area contributed by atoms with Crippen molar-refractivity contribution in [1.82, 2.24) is 4.90 Å². The minimum absolute atomic E-state index is 0.0138. The molecule has 1 heterocycles. The van der Waals surface area contributed by atoms with Crippen LogP contribution < -0.4 is 4.74 Å². The molecule has 25 heavy (non-hydrogen) atoms. The highest BCUT2D eigenvalue weighted by Gasteiger charge is 2.30. The third kappa shape index (κ3) is 4.16. The molecule has 3 nitrogen and oxygen atoms in total. The molecule has 0 aromatic heterocycles. The summed E-state index contributed by atoms with van der Waals surface area (Å²) in [5.74, 6) is 0.0946. The molecule has 0 N–H and O–H groups in total. The molecular weight excluding hydrogens is 324 g/mol. The number of alkyl halides is 2. The molecule has 1 atom stereocenters. The molecule has 1 saturated heterocycles. The Morgan fingerprint density at radius 1 is 1.24 bits per heavy atom. The van der Waals surface area contributed by atoms with E-state index in [-0.39, 0.29) is 24.1 Å². The van der Waals surface area contributed by atoms with Crippen LogP contribution in [0.3, 0.4) is 0 Å².